The Hall–Kier alpha value is -1.36. The van der Waals surface area contributed by atoms with Crippen LogP contribution >= 0.6 is 0 Å². The van der Waals surface area contributed by atoms with Crippen LogP contribution in [0.5, 0.6) is 0 Å². The number of amides is 1. The lowest BCUT2D eigenvalue weighted by Crippen LogP contribution is -2.28. The zero-order valence-electron chi connectivity index (χ0n) is 9.82. The first kappa shape index (κ1) is 12.7. The minimum Gasteiger partial charge on any atom is -0.359 e. The Morgan fingerprint density at radius 2 is 2.44 bits per heavy atom. The molecule has 1 amide bonds. The van der Waals surface area contributed by atoms with Crippen molar-refractivity contribution < 1.29 is 9.32 Å². The van der Waals surface area contributed by atoms with E-state index in [1.54, 1.807) is 0 Å². The number of aryl methyl sites for hydroxylation is 1. The fraction of sp³-hybridized carbons (Fsp3) is 0.636. The Labute approximate surface area is 95.4 Å². The number of carbonyl (C=O) groups excluding carboxylic acids is 1. The maximum absolute atomic E-state index is 11.6. The molecule has 0 spiro atoms. The molecule has 5 nitrogen and oxygen atoms in total. The number of rotatable bonds is 6. The van der Waals surface area contributed by atoms with Crippen LogP contribution in [0.3, 0.4) is 0 Å². The van der Waals surface area contributed by atoms with Gasteiger partial charge in [-0.3, -0.25) is 4.79 Å². The highest BCUT2D eigenvalue weighted by Gasteiger charge is 2.12. The first-order valence-corrected chi connectivity index (χ1v) is 5.53. The summed E-state index contributed by atoms with van der Waals surface area (Å²) in [5.74, 6) is 0.701. The highest BCUT2D eigenvalue weighted by Crippen LogP contribution is 2.06. The van der Waals surface area contributed by atoms with E-state index < -0.39 is 0 Å². The second kappa shape index (κ2) is 6.27. The van der Waals surface area contributed by atoms with Gasteiger partial charge in [0, 0.05) is 12.0 Å². The van der Waals surface area contributed by atoms with E-state index in [1.807, 2.05) is 19.9 Å². The number of hydrogen-bond donors (Lipinski definition) is 2. The van der Waals surface area contributed by atoms with Gasteiger partial charge in [0.2, 0.25) is 5.91 Å². The van der Waals surface area contributed by atoms with E-state index in [1.165, 1.54) is 0 Å². The van der Waals surface area contributed by atoms with Crippen LogP contribution in [-0.4, -0.2) is 17.6 Å². The maximum Gasteiger partial charge on any atom is 0.223 e. The van der Waals surface area contributed by atoms with Gasteiger partial charge < -0.3 is 15.6 Å². The minimum absolute atomic E-state index is 0.00688. The molecule has 3 N–H and O–H groups in total. The molecule has 0 radical (unpaired) electrons. The minimum atomic E-state index is -0.00688. The van der Waals surface area contributed by atoms with E-state index in [0.29, 0.717) is 18.8 Å². The molecule has 0 saturated heterocycles. The number of nitrogens with zero attached hydrogens (tertiary/aromatic N) is 1. The van der Waals surface area contributed by atoms with Crippen molar-refractivity contribution in [2.75, 3.05) is 6.54 Å². The number of carbonyl (C=O) groups is 1. The van der Waals surface area contributed by atoms with Gasteiger partial charge in [-0.1, -0.05) is 12.1 Å². The summed E-state index contributed by atoms with van der Waals surface area (Å²) < 4.78 is 4.99. The standard InChI is InChI=1S/C11H19N3O2/c1-8(4-3-5-12)11(15)13-7-10-6-9(2)14-16-10/h6,8H,3-5,7,12H2,1-2H3,(H,13,15). The highest BCUT2D eigenvalue weighted by atomic mass is 16.5. The smallest absolute Gasteiger partial charge is 0.223 e. The molecule has 0 saturated carbocycles. The fourth-order valence-corrected chi connectivity index (χ4v) is 1.40. The average Bonchev–Trinajstić information content (AvgIpc) is 2.68. The van der Waals surface area contributed by atoms with Gasteiger partial charge in [-0.05, 0) is 26.3 Å². The van der Waals surface area contributed by atoms with Gasteiger partial charge in [-0.2, -0.15) is 0 Å². The summed E-state index contributed by atoms with van der Waals surface area (Å²) >= 11 is 0. The lowest BCUT2D eigenvalue weighted by Gasteiger charge is -2.10. The van der Waals surface area contributed by atoms with Gasteiger partial charge in [0.15, 0.2) is 5.76 Å². The molecular formula is C11H19N3O2. The summed E-state index contributed by atoms with van der Waals surface area (Å²) in [6.07, 6.45) is 1.69. The Morgan fingerprint density at radius 1 is 1.69 bits per heavy atom. The number of nitrogens with one attached hydrogen (secondary N) is 1. The van der Waals surface area contributed by atoms with Crippen molar-refractivity contribution >= 4 is 5.91 Å². The van der Waals surface area contributed by atoms with E-state index in [-0.39, 0.29) is 11.8 Å². The van der Waals surface area contributed by atoms with E-state index in [2.05, 4.69) is 10.5 Å². The van der Waals surface area contributed by atoms with Crippen LogP contribution in [0.1, 0.15) is 31.2 Å². The first-order chi connectivity index (χ1) is 7.63. The molecule has 0 fully saturated rings. The van der Waals surface area contributed by atoms with Crippen molar-refractivity contribution in [3.63, 3.8) is 0 Å². The van der Waals surface area contributed by atoms with Crippen LogP contribution in [0.15, 0.2) is 10.6 Å². The molecule has 5 heteroatoms. The summed E-state index contributed by atoms with van der Waals surface area (Å²) in [7, 11) is 0. The first-order valence-electron chi connectivity index (χ1n) is 5.53. The summed E-state index contributed by atoms with van der Waals surface area (Å²) in [5, 5.41) is 6.55. The predicted octanol–water partition coefficient (Wildman–Crippen LogP) is 0.974. The summed E-state index contributed by atoms with van der Waals surface area (Å²) in [5.41, 5.74) is 6.21. The van der Waals surface area contributed by atoms with Crippen LogP contribution in [0.25, 0.3) is 0 Å². The van der Waals surface area contributed by atoms with E-state index >= 15 is 0 Å². The molecule has 0 aliphatic carbocycles. The molecule has 1 aromatic rings. The van der Waals surface area contributed by atoms with E-state index in [4.69, 9.17) is 10.3 Å². The van der Waals surface area contributed by atoms with Crippen molar-refractivity contribution in [2.24, 2.45) is 11.7 Å². The van der Waals surface area contributed by atoms with Crippen molar-refractivity contribution in [3.05, 3.63) is 17.5 Å². The molecule has 1 aromatic heterocycles. The summed E-state index contributed by atoms with van der Waals surface area (Å²) in [4.78, 5) is 11.6. The summed E-state index contributed by atoms with van der Waals surface area (Å²) in [6.45, 7) is 4.76. The Kier molecular flexibility index (Phi) is 4.98. The van der Waals surface area contributed by atoms with Gasteiger partial charge in [0.25, 0.3) is 0 Å². The van der Waals surface area contributed by atoms with Gasteiger partial charge in [0.05, 0.1) is 12.2 Å². The van der Waals surface area contributed by atoms with Gasteiger partial charge in [-0.15, -0.1) is 0 Å². The number of hydrogen-bond acceptors (Lipinski definition) is 4. The zero-order chi connectivity index (χ0) is 12.0. The molecule has 16 heavy (non-hydrogen) atoms. The van der Waals surface area contributed by atoms with Crippen molar-refractivity contribution in [3.8, 4) is 0 Å². The van der Waals surface area contributed by atoms with Crippen LogP contribution < -0.4 is 11.1 Å². The highest BCUT2D eigenvalue weighted by molar-refractivity contribution is 5.78. The van der Waals surface area contributed by atoms with E-state index in [0.717, 1.165) is 18.5 Å². The second-order valence-electron chi connectivity index (χ2n) is 3.98. The Balaban J connectivity index is 2.29. The molecule has 1 heterocycles. The topological polar surface area (TPSA) is 81.2 Å². The van der Waals surface area contributed by atoms with Gasteiger partial charge in [-0.25, -0.2) is 0 Å². The van der Waals surface area contributed by atoms with Crippen LogP contribution in [0.4, 0.5) is 0 Å². The largest absolute Gasteiger partial charge is 0.359 e. The summed E-state index contributed by atoms with van der Waals surface area (Å²) in [6, 6.07) is 1.81. The zero-order valence-corrected chi connectivity index (χ0v) is 9.82. The normalized spacial score (nSPS) is 12.4. The molecule has 0 aliphatic heterocycles. The van der Waals surface area contributed by atoms with Crippen LogP contribution in [0, 0.1) is 12.8 Å². The molecule has 90 valence electrons. The molecule has 0 aliphatic rings. The SMILES string of the molecule is Cc1cc(CNC(=O)C(C)CCCN)on1. The van der Waals surface area contributed by atoms with Crippen molar-refractivity contribution in [1.82, 2.24) is 10.5 Å². The van der Waals surface area contributed by atoms with Crippen LogP contribution in [-0.2, 0) is 11.3 Å². The molecular weight excluding hydrogens is 206 g/mol. The third-order valence-electron chi connectivity index (χ3n) is 2.40. The van der Waals surface area contributed by atoms with E-state index in [9.17, 15) is 4.79 Å². The predicted molar refractivity (Wildman–Crippen MR) is 60.5 cm³/mol. The number of nitrogens with two attached hydrogens (primary N) is 1. The molecule has 1 rings (SSSR count). The van der Waals surface area contributed by atoms with Crippen molar-refractivity contribution in [2.45, 2.75) is 33.2 Å². The lowest BCUT2D eigenvalue weighted by atomic mass is 10.1. The molecule has 1 unspecified atom stereocenters. The lowest BCUT2D eigenvalue weighted by molar-refractivity contribution is -0.124. The Bertz CT molecular complexity index is 336. The monoisotopic (exact) mass is 225 g/mol. The maximum atomic E-state index is 11.6. The second-order valence-corrected chi connectivity index (χ2v) is 3.98. The molecule has 1 atom stereocenters. The average molecular weight is 225 g/mol. The van der Waals surface area contributed by atoms with Gasteiger partial charge >= 0.3 is 0 Å². The Morgan fingerprint density at radius 3 is 3.00 bits per heavy atom. The van der Waals surface area contributed by atoms with Crippen LogP contribution in [0.2, 0.25) is 0 Å². The molecule has 0 aromatic carbocycles. The quantitative estimate of drug-likeness (QED) is 0.756. The third-order valence-corrected chi connectivity index (χ3v) is 2.40. The number of aromatic nitrogens is 1. The van der Waals surface area contributed by atoms with Crippen molar-refractivity contribution in [1.29, 1.82) is 0 Å². The molecule has 0 bridgehead atoms. The van der Waals surface area contributed by atoms with Gasteiger partial charge in [0.1, 0.15) is 0 Å². The third kappa shape index (κ3) is 4.02. The fourth-order valence-electron chi connectivity index (χ4n) is 1.40.